The maximum Gasteiger partial charge on any atom is 0.410 e. The third kappa shape index (κ3) is 7.12. The number of rotatable bonds is 8. The molecule has 0 radical (unpaired) electrons. The quantitative estimate of drug-likeness (QED) is 0.274. The van der Waals surface area contributed by atoms with E-state index in [1.807, 2.05) is 37.8 Å². The minimum atomic E-state index is -0.828. The van der Waals surface area contributed by atoms with E-state index in [0.717, 1.165) is 43.4 Å². The SMILES string of the molecule is CC(C)=CCC[C@]1(C)Oc2c(OCCCC(=O)O)cccc2[C@H]2OCC3(CCN(C(=O)OC(C)(C)C)CC3)C[C@@H]21. The number of carbonyl (C=O) groups is 2. The summed E-state index contributed by atoms with van der Waals surface area (Å²) in [5.41, 5.74) is 1.29. The van der Waals surface area contributed by atoms with Crippen LogP contribution in [0.1, 0.15) is 98.2 Å². The molecule has 222 valence electrons. The monoisotopic (exact) mass is 557 g/mol. The van der Waals surface area contributed by atoms with Gasteiger partial charge in [-0.3, -0.25) is 4.79 Å². The Morgan fingerprint density at radius 3 is 2.58 bits per heavy atom. The van der Waals surface area contributed by atoms with Crippen molar-refractivity contribution in [3.05, 3.63) is 35.4 Å². The highest BCUT2D eigenvalue weighted by Crippen LogP contribution is 2.58. The molecule has 40 heavy (non-hydrogen) atoms. The molecule has 2 fully saturated rings. The summed E-state index contributed by atoms with van der Waals surface area (Å²) in [6.45, 7) is 14.4. The van der Waals surface area contributed by atoms with Crippen molar-refractivity contribution < 1.29 is 33.6 Å². The molecule has 0 unspecified atom stereocenters. The molecule has 8 heteroatoms. The number of para-hydroxylation sites is 1. The summed E-state index contributed by atoms with van der Waals surface area (Å²) in [6, 6.07) is 5.92. The van der Waals surface area contributed by atoms with Gasteiger partial charge in [0.25, 0.3) is 0 Å². The molecule has 0 saturated carbocycles. The van der Waals surface area contributed by atoms with E-state index in [2.05, 4.69) is 32.9 Å². The number of carbonyl (C=O) groups excluding carboxylic acids is 1. The van der Waals surface area contributed by atoms with Gasteiger partial charge in [-0.05, 0) is 91.5 Å². The van der Waals surface area contributed by atoms with E-state index in [9.17, 15) is 9.59 Å². The Hall–Kier alpha value is -2.74. The van der Waals surface area contributed by atoms with Crippen LogP contribution in [0.15, 0.2) is 29.8 Å². The fourth-order valence-corrected chi connectivity index (χ4v) is 6.27. The number of benzene rings is 1. The van der Waals surface area contributed by atoms with Crippen LogP contribution < -0.4 is 9.47 Å². The molecule has 4 rings (SSSR count). The van der Waals surface area contributed by atoms with Crippen LogP contribution in [0.5, 0.6) is 11.5 Å². The standard InChI is InChI=1S/C32H47NO7/c1-22(2)10-8-14-31(6)24-20-32(15-17-33(18-16-32)29(36)40-30(3,4)5)21-38-27(24)23-11-7-12-25(28(23)39-31)37-19-9-13-26(34)35/h7,10-12,24,27H,8-9,13-21H2,1-6H3,(H,34,35)/t24-,27+,31-/m0/s1. The molecule has 1 N–H and O–H groups in total. The summed E-state index contributed by atoms with van der Waals surface area (Å²) in [7, 11) is 0. The third-order valence-electron chi connectivity index (χ3n) is 8.48. The van der Waals surface area contributed by atoms with Crippen molar-refractivity contribution in [2.24, 2.45) is 11.3 Å². The van der Waals surface area contributed by atoms with Gasteiger partial charge in [0.2, 0.25) is 0 Å². The highest BCUT2D eigenvalue weighted by atomic mass is 16.6. The maximum absolute atomic E-state index is 12.7. The van der Waals surface area contributed by atoms with E-state index < -0.39 is 17.2 Å². The van der Waals surface area contributed by atoms with Crippen molar-refractivity contribution in [1.29, 1.82) is 0 Å². The molecule has 2 saturated heterocycles. The Morgan fingerprint density at radius 1 is 1.20 bits per heavy atom. The molecule has 1 spiro atoms. The number of fused-ring (bicyclic) bond motifs is 3. The van der Waals surface area contributed by atoms with Crippen LogP contribution in [0.2, 0.25) is 0 Å². The molecule has 3 aliphatic heterocycles. The van der Waals surface area contributed by atoms with Gasteiger partial charge in [-0.15, -0.1) is 0 Å². The van der Waals surface area contributed by atoms with Crippen molar-refractivity contribution in [2.45, 2.75) is 104 Å². The zero-order valence-electron chi connectivity index (χ0n) is 25.1. The van der Waals surface area contributed by atoms with E-state index in [4.69, 9.17) is 24.1 Å². The van der Waals surface area contributed by atoms with Gasteiger partial charge in [0, 0.05) is 31.0 Å². The first kappa shape index (κ1) is 30.2. The molecule has 0 aliphatic carbocycles. The summed E-state index contributed by atoms with van der Waals surface area (Å²) in [6.07, 6.45) is 6.86. The number of carboxylic acids is 1. The predicted octanol–water partition coefficient (Wildman–Crippen LogP) is 6.92. The van der Waals surface area contributed by atoms with Crippen LogP contribution in [-0.2, 0) is 14.3 Å². The Balaban J connectivity index is 1.55. The minimum Gasteiger partial charge on any atom is -0.490 e. The molecular formula is C32H47NO7. The topological polar surface area (TPSA) is 94.5 Å². The van der Waals surface area contributed by atoms with Gasteiger partial charge in [-0.25, -0.2) is 4.79 Å². The van der Waals surface area contributed by atoms with Gasteiger partial charge in [0.15, 0.2) is 11.5 Å². The lowest BCUT2D eigenvalue weighted by Crippen LogP contribution is -2.56. The summed E-state index contributed by atoms with van der Waals surface area (Å²) in [4.78, 5) is 25.5. The molecular weight excluding hydrogens is 510 g/mol. The summed E-state index contributed by atoms with van der Waals surface area (Å²) >= 11 is 0. The van der Waals surface area contributed by atoms with E-state index in [1.165, 1.54) is 5.57 Å². The summed E-state index contributed by atoms with van der Waals surface area (Å²) < 4.78 is 25.3. The number of aliphatic carboxylic acids is 1. The fraction of sp³-hybridized carbons (Fsp3) is 0.688. The van der Waals surface area contributed by atoms with Crippen LogP contribution >= 0.6 is 0 Å². The number of amides is 1. The first-order chi connectivity index (χ1) is 18.8. The van der Waals surface area contributed by atoms with E-state index in [-0.39, 0.29) is 30.0 Å². The van der Waals surface area contributed by atoms with Crippen molar-refractivity contribution in [3.8, 4) is 11.5 Å². The van der Waals surface area contributed by atoms with E-state index in [1.54, 1.807) is 0 Å². The lowest BCUT2D eigenvalue weighted by molar-refractivity contribution is -0.180. The van der Waals surface area contributed by atoms with E-state index >= 15 is 0 Å². The van der Waals surface area contributed by atoms with Crippen molar-refractivity contribution in [1.82, 2.24) is 4.90 Å². The highest BCUT2D eigenvalue weighted by molar-refractivity contribution is 5.68. The third-order valence-corrected chi connectivity index (χ3v) is 8.48. The first-order valence-corrected chi connectivity index (χ1v) is 14.7. The summed E-state index contributed by atoms with van der Waals surface area (Å²) in [5, 5.41) is 8.99. The number of carboxylic acid groups (broad SMARTS) is 1. The fourth-order valence-electron chi connectivity index (χ4n) is 6.27. The Kier molecular flexibility index (Phi) is 9.08. The molecule has 3 aliphatic rings. The normalized spacial score (nSPS) is 25.3. The molecule has 1 amide bonds. The molecule has 0 bridgehead atoms. The van der Waals surface area contributed by atoms with Crippen LogP contribution in [0.25, 0.3) is 0 Å². The van der Waals surface area contributed by atoms with E-state index in [0.29, 0.717) is 38.5 Å². The number of likely N-dealkylation sites (tertiary alicyclic amines) is 1. The van der Waals surface area contributed by atoms with Gasteiger partial charge in [-0.1, -0.05) is 23.8 Å². The van der Waals surface area contributed by atoms with Crippen molar-refractivity contribution in [3.63, 3.8) is 0 Å². The molecule has 3 atom stereocenters. The van der Waals surface area contributed by atoms with Crippen molar-refractivity contribution in [2.75, 3.05) is 26.3 Å². The zero-order valence-corrected chi connectivity index (χ0v) is 25.1. The molecule has 3 heterocycles. The second-order valence-electron chi connectivity index (χ2n) is 13.3. The van der Waals surface area contributed by atoms with Gasteiger partial charge < -0.3 is 29.0 Å². The van der Waals surface area contributed by atoms with Crippen LogP contribution in [0.4, 0.5) is 4.79 Å². The Morgan fingerprint density at radius 2 is 1.93 bits per heavy atom. The number of nitrogens with zero attached hydrogens (tertiary/aromatic N) is 1. The average Bonchev–Trinajstić information content (AvgIpc) is 2.86. The van der Waals surface area contributed by atoms with Gasteiger partial charge in [0.1, 0.15) is 11.2 Å². The second kappa shape index (κ2) is 12.0. The highest BCUT2D eigenvalue weighted by Gasteiger charge is 2.55. The zero-order chi connectivity index (χ0) is 29.1. The van der Waals surface area contributed by atoms with Crippen molar-refractivity contribution >= 4 is 12.1 Å². The second-order valence-corrected chi connectivity index (χ2v) is 13.3. The lowest BCUT2D eigenvalue weighted by Gasteiger charge is -2.55. The average molecular weight is 558 g/mol. The Bertz CT molecular complexity index is 1090. The van der Waals surface area contributed by atoms with Crippen LogP contribution in [0, 0.1) is 11.3 Å². The molecule has 1 aromatic carbocycles. The predicted molar refractivity (Wildman–Crippen MR) is 153 cm³/mol. The lowest BCUT2D eigenvalue weighted by atomic mass is 9.63. The van der Waals surface area contributed by atoms with Crippen LogP contribution in [0.3, 0.4) is 0 Å². The molecule has 0 aromatic heterocycles. The number of ether oxygens (including phenoxy) is 4. The largest absolute Gasteiger partial charge is 0.490 e. The smallest absolute Gasteiger partial charge is 0.410 e. The summed E-state index contributed by atoms with van der Waals surface area (Å²) in [5.74, 6) is 0.680. The number of allylic oxidation sites excluding steroid dienone is 2. The van der Waals surface area contributed by atoms with Crippen LogP contribution in [-0.4, -0.2) is 59.6 Å². The number of hydrogen-bond acceptors (Lipinski definition) is 6. The minimum absolute atomic E-state index is 0.0107. The van der Waals surface area contributed by atoms with Gasteiger partial charge in [0.05, 0.1) is 19.3 Å². The number of hydrogen-bond donors (Lipinski definition) is 1. The van der Waals surface area contributed by atoms with Gasteiger partial charge in [-0.2, -0.15) is 0 Å². The maximum atomic E-state index is 12.7. The van der Waals surface area contributed by atoms with Gasteiger partial charge >= 0.3 is 12.1 Å². The first-order valence-electron chi connectivity index (χ1n) is 14.7. The Labute approximate surface area is 239 Å². The molecule has 8 nitrogen and oxygen atoms in total. The number of piperidine rings is 1. The molecule has 1 aromatic rings.